The second-order valence-corrected chi connectivity index (χ2v) is 7.34. The average molecular weight is 387 g/mol. The first-order valence-corrected chi connectivity index (χ1v) is 9.76. The van der Waals surface area contributed by atoms with Crippen LogP contribution in [0, 0.1) is 0 Å². The Bertz CT molecular complexity index is 1240. The van der Waals surface area contributed by atoms with Gasteiger partial charge in [0.2, 0.25) is 5.95 Å². The molecule has 0 unspecified atom stereocenters. The Labute approximate surface area is 167 Å². The van der Waals surface area contributed by atoms with Crippen molar-refractivity contribution in [3.8, 4) is 0 Å². The van der Waals surface area contributed by atoms with Crippen molar-refractivity contribution in [2.45, 2.75) is 18.9 Å². The summed E-state index contributed by atoms with van der Waals surface area (Å²) >= 11 is 0. The number of nitrogens with one attached hydrogen (secondary N) is 2. The summed E-state index contributed by atoms with van der Waals surface area (Å²) in [6.07, 6.45) is 2.69. The van der Waals surface area contributed by atoms with Gasteiger partial charge in [-0.1, -0.05) is 30.3 Å². The minimum Gasteiger partial charge on any atom is -0.393 e. The minimum atomic E-state index is -0.273. The molecule has 7 heteroatoms. The summed E-state index contributed by atoms with van der Waals surface area (Å²) in [7, 11) is 0. The van der Waals surface area contributed by atoms with Crippen LogP contribution in [0.5, 0.6) is 0 Å². The zero-order valence-corrected chi connectivity index (χ0v) is 15.8. The fraction of sp³-hybridized carbons (Fsp3) is 0.227. The molecule has 0 atom stereocenters. The van der Waals surface area contributed by atoms with E-state index in [2.05, 4.69) is 37.3 Å². The van der Waals surface area contributed by atoms with E-state index in [1.54, 1.807) is 12.3 Å². The van der Waals surface area contributed by atoms with Crippen LogP contribution in [0.2, 0.25) is 0 Å². The van der Waals surface area contributed by atoms with Crippen LogP contribution in [0.15, 0.2) is 59.5 Å². The van der Waals surface area contributed by atoms with E-state index in [9.17, 15) is 9.90 Å². The van der Waals surface area contributed by atoms with Gasteiger partial charge in [0.15, 0.2) is 0 Å². The first-order chi connectivity index (χ1) is 14.2. The van der Waals surface area contributed by atoms with Crippen molar-refractivity contribution in [2.75, 3.05) is 23.3 Å². The van der Waals surface area contributed by atoms with Crippen molar-refractivity contribution >= 4 is 39.1 Å². The molecule has 0 spiro atoms. The number of aromatic amines is 1. The fourth-order valence-corrected chi connectivity index (χ4v) is 3.78. The third kappa shape index (κ3) is 3.40. The van der Waals surface area contributed by atoms with Gasteiger partial charge >= 0.3 is 0 Å². The molecule has 0 saturated carbocycles. The smallest absolute Gasteiger partial charge is 0.261 e. The summed E-state index contributed by atoms with van der Waals surface area (Å²) in [5.41, 5.74) is 1.21. The van der Waals surface area contributed by atoms with Crippen molar-refractivity contribution < 1.29 is 5.11 Å². The lowest BCUT2D eigenvalue weighted by Gasteiger charge is -2.30. The molecule has 1 aliphatic rings. The molecule has 146 valence electrons. The van der Waals surface area contributed by atoms with E-state index in [0.717, 1.165) is 16.5 Å². The van der Waals surface area contributed by atoms with Gasteiger partial charge in [-0.05, 0) is 41.8 Å². The number of aliphatic hydroxyl groups excluding tert-OH is 1. The molecule has 0 aliphatic carbocycles. The summed E-state index contributed by atoms with van der Waals surface area (Å²) in [5, 5.41) is 15.8. The second-order valence-electron chi connectivity index (χ2n) is 7.34. The Kier molecular flexibility index (Phi) is 4.37. The molecule has 29 heavy (non-hydrogen) atoms. The zero-order valence-electron chi connectivity index (χ0n) is 15.8. The molecular formula is C22H21N5O2. The van der Waals surface area contributed by atoms with Gasteiger partial charge in [0, 0.05) is 25.0 Å². The molecule has 0 bridgehead atoms. The number of hydrogen-bond donors (Lipinski definition) is 3. The number of nitrogens with zero attached hydrogens (tertiary/aromatic N) is 3. The van der Waals surface area contributed by atoms with Crippen molar-refractivity contribution in [1.82, 2.24) is 15.0 Å². The number of aromatic nitrogens is 3. The number of rotatable bonds is 3. The van der Waals surface area contributed by atoms with Crippen molar-refractivity contribution in [3.05, 3.63) is 65.1 Å². The first-order valence-electron chi connectivity index (χ1n) is 9.76. The number of hydrogen-bond acceptors (Lipinski definition) is 6. The Balaban J connectivity index is 1.59. The van der Waals surface area contributed by atoms with E-state index in [4.69, 9.17) is 0 Å². The standard InChI is InChI=1S/C22H21N5O2/c28-17-8-11-27(12-9-17)22-25-18-7-10-23-21(29)19(18)20(26-22)24-16-6-5-14-3-1-2-4-15(14)13-16/h1-7,10,13,17,28H,8-9,11-12H2,(H,23,29)(H,24,25,26). The van der Waals surface area contributed by atoms with Crippen LogP contribution in [0.3, 0.4) is 0 Å². The molecule has 2 aromatic carbocycles. The molecule has 2 aromatic heterocycles. The fourth-order valence-electron chi connectivity index (χ4n) is 3.78. The molecular weight excluding hydrogens is 366 g/mol. The van der Waals surface area contributed by atoms with Crippen molar-refractivity contribution in [3.63, 3.8) is 0 Å². The molecule has 3 heterocycles. The molecule has 1 saturated heterocycles. The number of anilines is 3. The summed E-state index contributed by atoms with van der Waals surface area (Å²) in [6, 6.07) is 16.0. The molecule has 3 N–H and O–H groups in total. The van der Waals surface area contributed by atoms with E-state index in [0.29, 0.717) is 48.6 Å². The number of pyridine rings is 1. The predicted molar refractivity (Wildman–Crippen MR) is 115 cm³/mol. The Morgan fingerprint density at radius 3 is 2.66 bits per heavy atom. The van der Waals surface area contributed by atoms with Gasteiger partial charge in [0.25, 0.3) is 5.56 Å². The van der Waals surface area contributed by atoms with Gasteiger partial charge in [0.1, 0.15) is 11.2 Å². The van der Waals surface area contributed by atoms with Gasteiger partial charge in [-0.25, -0.2) is 4.98 Å². The summed E-state index contributed by atoms with van der Waals surface area (Å²) in [5.74, 6) is 1.05. The van der Waals surface area contributed by atoms with Crippen LogP contribution in [0.1, 0.15) is 12.8 Å². The quantitative estimate of drug-likeness (QED) is 0.500. The first kappa shape index (κ1) is 17.6. The van der Waals surface area contributed by atoms with Gasteiger partial charge in [-0.3, -0.25) is 4.79 Å². The Morgan fingerprint density at radius 1 is 1.03 bits per heavy atom. The second kappa shape index (κ2) is 7.18. The highest BCUT2D eigenvalue weighted by molar-refractivity contribution is 5.92. The van der Waals surface area contributed by atoms with Gasteiger partial charge < -0.3 is 20.3 Å². The lowest BCUT2D eigenvalue weighted by atomic mass is 10.1. The minimum absolute atomic E-state index is 0.230. The normalized spacial score (nSPS) is 15.1. The van der Waals surface area contributed by atoms with E-state index in [-0.39, 0.29) is 11.7 Å². The third-order valence-corrected chi connectivity index (χ3v) is 5.37. The van der Waals surface area contributed by atoms with Crippen LogP contribution in [0.4, 0.5) is 17.5 Å². The number of benzene rings is 2. The Hall–Kier alpha value is -3.45. The molecule has 1 fully saturated rings. The van der Waals surface area contributed by atoms with Crippen molar-refractivity contribution in [1.29, 1.82) is 0 Å². The Morgan fingerprint density at radius 2 is 1.83 bits per heavy atom. The third-order valence-electron chi connectivity index (χ3n) is 5.37. The van der Waals surface area contributed by atoms with Gasteiger partial charge in [0.05, 0.1) is 11.6 Å². The maximum atomic E-state index is 12.5. The highest BCUT2D eigenvalue weighted by Crippen LogP contribution is 2.27. The van der Waals surface area contributed by atoms with Crippen LogP contribution in [-0.4, -0.2) is 39.3 Å². The van der Waals surface area contributed by atoms with E-state index in [1.807, 2.05) is 30.3 Å². The molecule has 0 radical (unpaired) electrons. The van der Waals surface area contributed by atoms with Crippen LogP contribution in [0.25, 0.3) is 21.7 Å². The molecule has 7 nitrogen and oxygen atoms in total. The maximum Gasteiger partial charge on any atom is 0.261 e. The number of piperidine rings is 1. The molecule has 4 aromatic rings. The van der Waals surface area contributed by atoms with Gasteiger partial charge in [-0.15, -0.1) is 0 Å². The predicted octanol–water partition coefficient (Wildman–Crippen LogP) is 3.18. The lowest BCUT2D eigenvalue weighted by Crippen LogP contribution is -2.37. The molecule has 1 aliphatic heterocycles. The van der Waals surface area contributed by atoms with Crippen LogP contribution >= 0.6 is 0 Å². The molecule has 5 rings (SSSR count). The van der Waals surface area contributed by atoms with E-state index >= 15 is 0 Å². The van der Waals surface area contributed by atoms with Crippen LogP contribution in [-0.2, 0) is 0 Å². The summed E-state index contributed by atoms with van der Waals surface area (Å²) < 4.78 is 0. The SMILES string of the molecule is O=c1[nH]ccc2nc(N3CCC(O)CC3)nc(Nc3ccc4ccccc4c3)c12. The summed E-state index contributed by atoms with van der Waals surface area (Å²) in [6.45, 7) is 1.37. The van der Waals surface area contributed by atoms with Crippen LogP contribution < -0.4 is 15.8 Å². The topological polar surface area (TPSA) is 94.1 Å². The van der Waals surface area contributed by atoms with E-state index in [1.165, 1.54) is 0 Å². The number of aliphatic hydroxyl groups is 1. The molecule has 0 amide bonds. The highest BCUT2D eigenvalue weighted by Gasteiger charge is 2.21. The zero-order chi connectivity index (χ0) is 19.8. The lowest BCUT2D eigenvalue weighted by molar-refractivity contribution is 0.145. The van der Waals surface area contributed by atoms with E-state index < -0.39 is 0 Å². The monoisotopic (exact) mass is 387 g/mol. The van der Waals surface area contributed by atoms with Crippen molar-refractivity contribution in [2.24, 2.45) is 0 Å². The number of fused-ring (bicyclic) bond motifs is 2. The highest BCUT2D eigenvalue weighted by atomic mass is 16.3. The average Bonchev–Trinajstić information content (AvgIpc) is 2.74. The summed E-state index contributed by atoms with van der Waals surface area (Å²) in [4.78, 5) is 26.6. The largest absolute Gasteiger partial charge is 0.393 e. The van der Waals surface area contributed by atoms with Gasteiger partial charge in [-0.2, -0.15) is 4.98 Å². The maximum absolute atomic E-state index is 12.5. The number of H-pyrrole nitrogens is 1.